The molecule has 5 N–H and O–H groups in total. The number of aromatic nitrogens is 2. The van der Waals surface area contributed by atoms with Gasteiger partial charge in [0, 0.05) is 31.5 Å². The van der Waals surface area contributed by atoms with Gasteiger partial charge < -0.3 is 26.2 Å². The van der Waals surface area contributed by atoms with Gasteiger partial charge in [-0.25, -0.2) is 4.98 Å². The summed E-state index contributed by atoms with van der Waals surface area (Å²) < 4.78 is 5.37. The number of hydrogen-bond acceptors (Lipinski definition) is 7. The standard InChI is InChI=1S/C19H31N5O3/c1-19(2,26)12-3-5-13(6-4-12)22-17-15(16(20)25)11-21-18(24-17)23-14-7-9-27-10-8-14/h11-14,26H,3-10H2,1-2H3,(H2,20,25)(H2,21,22,23,24)/t12-,13+. The summed E-state index contributed by atoms with van der Waals surface area (Å²) >= 11 is 0. The fraction of sp³-hybridized carbons (Fsp3) is 0.737. The Labute approximate surface area is 160 Å². The summed E-state index contributed by atoms with van der Waals surface area (Å²) in [5.74, 6) is 0.737. The van der Waals surface area contributed by atoms with Crippen molar-refractivity contribution in [2.24, 2.45) is 11.7 Å². The van der Waals surface area contributed by atoms with Gasteiger partial charge in [0.1, 0.15) is 5.82 Å². The van der Waals surface area contributed by atoms with Crippen molar-refractivity contribution in [1.82, 2.24) is 9.97 Å². The van der Waals surface area contributed by atoms with Crippen molar-refractivity contribution in [2.75, 3.05) is 23.8 Å². The molecule has 2 aliphatic rings. The molecule has 2 heterocycles. The Morgan fingerprint density at radius 2 is 1.78 bits per heavy atom. The second-order valence-electron chi connectivity index (χ2n) is 8.20. The van der Waals surface area contributed by atoms with E-state index in [1.165, 1.54) is 6.20 Å². The zero-order valence-corrected chi connectivity index (χ0v) is 16.2. The lowest BCUT2D eigenvalue weighted by molar-refractivity contribution is -0.000402. The van der Waals surface area contributed by atoms with Crippen LogP contribution < -0.4 is 16.4 Å². The predicted molar refractivity (Wildman–Crippen MR) is 104 cm³/mol. The highest BCUT2D eigenvalue weighted by molar-refractivity contribution is 5.97. The van der Waals surface area contributed by atoms with E-state index in [1.54, 1.807) is 0 Å². The molecule has 1 saturated carbocycles. The summed E-state index contributed by atoms with van der Waals surface area (Å²) in [4.78, 5) is 20.6. The molecule has 1 aromatic heterocycles. The van der Waals surface area contributed by atoms with E-state index >= 15 is 0 Å². The van der Waals surface area contributed by atoms with Crippen LogP contribution in [0.4, 0.5) is 11.8 Å². The summed E-state index contributed by atoms with van der Waals surface area (Å²) in [5, 5.41) is 16.9. The van der Waals surface area contributed by atoms with Crippen LogP contribution in [-0.2, 0) is 4.74 Å². The van der Waals surface area contributed by atoms with Crippen molar-refractivity contribution in [3.8, 4) is 0 Å². The molecule has 0 spiro atoms. The molecule has 0 unspecified atom stereocenters. The number of carbonyl (C=O) groups excluding carboxylic acids is 1. The zero-order valence-electron chi connectivity index (χ0n) is 16.2. The normalized spacial score (nSPS) is 24.4. The first kappa shape index (κ1) is 19.8. The number of primary amides is 1. The molecule has 150 valence electrons. The molecule has 1 aliphatic heterocycles. The predicted octanol–water partition coefficient (Wildman–Crippen LogP) is 1.91. The number of nitrogens with one attached hydrogen (secondary N) is 2. The highest BCUT2D eigenvalue weighted by atomic mass is 16.5. The maximum Gasteiger partial charge on any atom is 0.254 e. The molecule has 0 aromatic carbocycles. The fourth-order valence-corrected chi connectivity index (χ4v) is 3.90. The monoisotopic (exact) mass is 377 g/mol. The van der Waals surface area contributed by atoms with Crippen LogP contribution in [-0.4, -0.2) is 51.9 Å². The number of amides is 1. The maximum absolute atomic E-state index is 11.8. The van der Waals surface area contributed by atoms with Gasteiger partial charge in [0.25, 0.3) is 5.91 Å². The van der Waals surface area contributed by atoms with E-state index in [2.05, 4.69) is 20.6 Å². The van der Waals surface area contributed by atoms with Crippen LogP contribution in [0.1, 0.15) is 62.7 Å². The highest BCUT2D eigenvalue weighted by Crippen LogP contribution is 2.33. The van der Waals surface area contributed by atoms with Crippen LogP contribution in [0.15, 0.2) is 6.20 Å². The summed E-state index contributed by atoms with van der Waals surface area (Å²) in [6, 6.07) is 0.473. The average molecular weight is 377 g/mol. The van der Waals surface area contributed by atoms with E-state index in [4.69, 9.17) is 10.5 Å². The van der Waals surface area contributed by atoms with Crippen LogP contribution in [0.25, 0.3) is 0 Å². The van der Waals surface area contributed by atoms with Gasteiger partial charge in [-0.05, 0) is 58.3 Å². The molecule has 27 heavy (non-hydrogen) atoms. The molecule has 1 aliphatic carbocycles. The van der Waals surface area contributed by atoms with E-state index in [1.807, 2.05) is 13.8 Å². The molecule has 3 rings (SSSR count). The molecule has 1 aromatic rings. The molecular weight excluding hydrogens is 346 g/mol. The number of nitrogens with zero attached hydrogens (tertiary/aromatic N) is 2. The fourth-order valence-electron chi connectivity index (χ4n) is 3.90. The van der Waals surface area contributed by atoms with Crippen molar-refractivity contribution in [1.29, 1.82) is 0 Å². The number of hydrogen-bond donors (Lipinski definition) is 4. The quantitative estimate of drug-likeness (QED) is 0.597. The number of anilines is 2. The number of carbonyl (C=O) groups is 1. The minimum Gasteiger partial charge on any atom is -0.390 e. The molecule has 0 bridgehead atoms. The molecule has 2 fully saturated rings. The van der Waals surface area contributed by atoms with Gasteiger partial charge in [0.2, 0.25) is 5.95 Å². The minimum atomic E-state index is -0.654. The first-order valence-electron chi connectivity index (χ1n) is 9.83. The van der Waals surface area contributed by atoms with Gasteiger partial charge in [0.15, 0.2) is 0 Å². The number of nitrogens with two attached hydrogens (primary N) is 1. The third-order valence-electron chi connectivity index (χ3n) is 5.68. The smallest absolute Gasteiger partial charge is 0.254 e. The van der Waals surface area contributed by atoms with Crippen molar-refractivity contribution in [3.05, 3.63) is 11.8 Å². The van der Waals surface area contributed by atoms with E-state index in [-0.39, 0.29) is 12.1 Å². The summed E-state index contributed by atoms with van der Waals surface area (Å²) in [6.07, 6.45) is 7.01. The summed E-state index contributed by atoms with van der Waals surface area (Å²) in [7, 11) is 0. The molecule has 0 radical (unpaired) electrons. The average Bonchev–Trinajstić information content (AvgIpc) is 2.62. The lowest BCUT2D eigenvalue weighted by Gasteiger charge is -2.36. The minimum absolute atomic E-state index is 0.201. The molecule has 1 amide bonds. The van der Waals surface area contributed by atoms with Crippen molar-refractivity contribution < 1.29 is 14.6 Å². The van der Waals surface area contributed by atoms with Crippen LogP contribution in [0.5, 0.6) is 0 Å². The maximum atomic E-state index is 11.8. The third-order valence-corrected chi connectivity index (χ3v) is 5.68. The Kier molecular flexibility index (Phi) is 6.16. The first-order chi connectivity index (χ1) is 12.8. The Morgan fingerprint density at radius 1 is 1.15 bits per heavy atom. The van der Waals surface area contributed by atoms with E-state index < -0.39 is 11.5 Å². The topological polar surface area (TPSA) is 122 Å². The van der Waals surface area contributed by atoms with Crippen LogP contribution in [0, 0.1) is 5.92 Å². The molecule has 8 nitrogen and oxygen atoms in total. The second-order valence-corrected chi connectivity index (χ2v) is 8.20. The van der Waals surface area contributed by atoms with Crippen molar-refractivity contribution >= 4 is 17.7 Å². The number of ether oxygens (including phenoxy) is 1. The van der Waals surface area contributed by atoms with Gasteiger partial charge in [-0.2, -0.15) is 4.98 Å². The largest absolute Gasteiger partial charge is 0.390 e. The Morgan fingerprint density at radius 3 is 2.37 bits per heavy atom. The van der Waals surface area contributed by atoms with Crippen molar-refractivity contribution in [3.63, 3.8) is 0 Å². The van der Waals surface area contributed by atoms with Crippen LogP contribution in [0.2, 0.25) is 0 Å². The van der Waals surface area contributed by atoms with Gasteiger partial charge in [-0.1, -0.05) is 0 Å². The SMILES string of the molecule is CC(C)(O)[C@H]1CC[C@@H](Nc2nc(NC3CCOCC3)ncc2C(N)=O)CC1. The van der Waals surface area contributed by atoms with E-state index in [9.17, 15) is 9.90 Å². The number of aliphatic hydroxyl groups is 1. The Balaban J connectivity index is 1.67. The lowest BCUT2D eigenvalue weighted by atomic mass is 9.77. The Bertz CT molecular complexity index is 647. The van der Waals surface area contributed by atoms with Gasteiger partial charge >= 0.3 is 0 Å². The molecule has 1 saturated heterocycles. The molecule has 0 atom stereocenters. The number of rotatable bonds is 6. The third kappa shape index (κ3) is 5.29. The van der Waals surface area contributed by atoms with Crippen LogP contribution in [0.3, 0.4) is 0 Å². The molecule has 8 heteroatoms. The summed E-state index contributed by atoms with van der Waals surface area (Å²) in [5.41, 5.74) is 5.15. The van der Waals surface area contributed by atoms with E-state index in [0.29, 0.717) is 23.2 Å². The highest BCUT2D eigenvalue weighted by Gasteiger charge is 2.31. The van der Waals surface area contributed by atoms with Gasteiger partial charge in [-0.3, -0.25) is 4.79 Å². The van der Waals surface area contributed by atoms with Crippen LogP contribution >= 0.6 is 0 Å². The first-order valence-corrected chi connectivity index (χ1v) is 9.83. The van der Waals surface area contributed by atoms with Gasteiger partial charge in [0.05, 0.1) is 11.2 Å². The second kappa shape index (κ2) is 8.39. The van der Waals surface area contributed by atoms with Gasteiger partial charge in [-0.15, -0.1) is 0 Å². The lowest BCUT2D eigenvalue weighted by Crippen LogP contribution is -2.37. The summed E-state index contributed by atoms with van der Waals surface area (Å²) in [6.45, 7) is 5.20. The Hall–Kier alpha value is -1.93. The van der Waals surface area contributed by atoms with Crippen molar-refractivity contribution in [2.45, 2.75) is 70.1 Å². The van der Waals surface area contributed by atoms with E-state index in [0.717, 1.165) is 51.7 Å². The molecular formula is C19H31N5O3. The zero-order chi connectivity index (χ0) is 19.4.